The maximum Gasteiger partial charge on any atom is 0.326 e. The molecule has 0 aliphatic heterocycles. The van der Waals surface area contributed by atoms with E-state index in [-0.39, 0.29) is 109 Å². The summed E-state index contributed by atoms with van der Waals surface area (Å²) in [6.07, 6.45) is -1.17. The molecule has 3 rings (SSSR count). The number of benzene rings is 3. The lowest BCUT2D eigenvalue weighted by Crippen LogP contribution is -2.63. The molecule has 0 aliphatic carbocycles. The van der Waals surface area contributed by atoms with Crippen LogP contribution in [0.1, 0.15) is 148 Å². The Kier molecular flexibility index (Phi) is 45.1. The molecule has 27 N–H and O–H groups in total. The summed E-state index contributed by atoms with van der Waals surface area (Å²) in [7, 11) is 0. The largest absolute Gasteiger partial charge is 0.481 e. The lowest BCUT2D eigenvalue weighted by molar-refractivity contribution is -0.143. The summed E-state index contributed by atoms with van der Waals surface area (Å²) in [6.45, 7) is 8.64. The second-order valence-electron chi connectivity index (χ2n) is 28.6. The molecule has 115 heavy (non-hydrogen) atoms. The van der Waals surface area contributed by atoms with Crippen molar-refractivity contribution >= 4 is 94.7 Å². The number of carboxylic acids is 2. The van der Waals surface area contributed by atoms with Crippen molar-refractivity contribution < 1.29 is 92.1 Å². The van der Waals surface area contributed by atoms with Crippen LogP contribution in [-0.2, 0) is 96.0 Å². The Labute approximate surface area is 668 Å². The summed E-state index contributed by atoms with van der Waals surface area (Å²) in [6, 6.07) is 6.79. The number of nitrogens with two attached hydrogens (primary N) is 6. The number of guanidine groups is 1. The van der Waals surface area contributed by atoms with Gasteiger partial charge in [-0.25, -0.2) is 10.7 Å². The number of rotatable bonds is 56. The molecule has 0 bridgehead atoms. The third-order valence-electron chi connectivity index (χ3n) is 18.8. The second kappa shape index (κ2) is 53.0. The Bertz CT molecular complexity index is 3670. The maximum absolute atomic E-state index is 14.7. The number of aliphatic carboxylic acids is 2. The average molecular weight is 1610 g/mol. The fourth-order valence-electron chi connectivity index (χ4n) is 12.0. The van der Waals surface area contributed by atoms with Gasteiger partial charge in [-0.05, 0) is 112 Å². The number of nitrogens with one attached hydrogen (secondary N) is 12. The summed E-state index contributed by atoms with van der Waals surface area (Å²) in [5.74, 6) is -12.3. The summed E-state index contributed by atoms with van der Waals surface area (Å²) in [5, 5.41) is 61.1. The number of aliphatic imine (C=N–C) groups is 1. The van der Waals surface area contributed by atoms with Gasteiger partial charge in [0.2, 0.25) is 76.8 Å². The first-order chi connectivity index (χ1) is 54.7. The molecule has 38 nitrogen and oxygen atoms in total. The molecular formula is C77H119N19O19. The van der Waals surface area contributed by atoms with Crippen LogP contribution in [0.4, 0.5) is 0 Å². The fraction of sp³-hybridized carbons (Fsp3) is 0.558. The summed E-state index contributed by atoms with van der Waals surface area (Å²) < 4.78 is 0. The maximum atomic E-state index is 14.7. The molecule has 3 aromatic carbocycles. The molecule has 0 saturated heterocycles. The normalized spacial score (nSPS) is 14.7. The number of aliphatic hydroxyl groups is 1. The van der Waals surface area contributed by atoms with Crippen LogP contribution >= 0.6 is 0 Å². The molecule has 0 aliphatic rings. The zero-order chi connectivity index (χ0) is 85.7. The third kappa shape index (κ3) is 37.1. The number of hydrogen-bond acceptors (Lipinski definition) is 21. The molecule has 0 aromatic heterocycles. The zero-order valence-electron chi connectivity index (χ0n) is 66.2. The van der Waals surface area contributed by atoms with Crippen LogP contribution in [0, 0.1) is 17.8 Å². The Balaban J connectivity index is 1.98. The molecular weight excluding hydrogens is 1490 g/mol. The Hall–Kier alpha value is -11.2. The molecule has 636 valence electrons. The van der Waals surface area contributed by atoms with Crippen LogP contribution < -0.4 is 98.4 Å². The van der Waals surface area contributed by atoms with Crippen LogP contribution in [-0.4, -0.2) is 215 Å². The minimum atomic E-state index is -1.88. The van der Waals surface area contributed by atoms with E-state index < -0.39 is 206 Å². The number of amides is 13. The SMILES string of the molecule is CCC(C)C(NC(=O)C(CO)NC(=O)C(CCCCN)NC(=O)C(CCCN=C(N)N)NC(=O)C(Cc1ccccc1)NC(=O)C(Cc1ccccc1)NC(=O)CON)C(=O)NC(C(=O)NC(CC(N)=O)C(=O)NC(Cc1ccccc1)C(=O)NC(CCC(=O)O)C(=O)NC(CCCCN)C(=O)NC(CC(C)C)C(=O)O)C(C)CC. The van der Waals surface area contributed by atoms with Gasteiger partial charge < -0.3 is 108 Å². The molecule has 13 amide bonds. The van der Waals surface area contributed by atoms with E-state index in [1.54, 1.807) is 133 Å². The highest BCUT2D eigenvalue weighted by Crippen LogP contribution is 2.17. The van der Waals surface area contributed by atoms with Crippen molar-refractivity contribution in [3.63, 3.8) is 0 Å². The number of primary amides is 1. The average Bonchev–Trinajstić information content (AvgIpc) is 0.841. The minimum Gasteiger partial charge on any atom is -0.481 e. The number of carbonyl (C=O) groups is 15. The van der Waals surface area contributed by atoms with Crippen molar-refractivity contribution in [3.8, 4) is 0 Å². The van der Waals surface area contributed by atoms with Crippen LogP contribution in [0.2, 0.25) is 0 Å². The summed E-state index contributed by atoms with van der Waals surface area (Å²) >= 11 is 0. The summed E-state index contributed by atoms with van der Waals surface area (Å²) in [4.78, 5) is 217. The van der Waals surface area contributed by atoms with Gasteiger partial charge in [0.05, 0.1) is 13.0 Å². The predicted octanol–water partition coefficient (Wildman–Crippen LogP) is -3.31. The van der Waals surface area contributed by atoms with Gasteiger partial charge >= 0.3 is 11.9 Å². The highest BCUT2D eigenvalue weighted by atomic mass is 16.6. The van der Waals surface area contributed by atoms with E-state index in [0.717, 1.165) is 0 Å². The molecule has 38 heteroatoms. The van der Waals surface area contributed by atoms with Crippen LogP contribution in [0.5, 0.6) is 0 Å². The quantitative estimate of drug-likeness (QED) is 0.0114. The van der Waals surface area contributed by atoms with E-state index in [2.05, 4.69) is 73.6 Å². The molecule has 14 unspecified atom stereocenters. The van der Waals surface area contributed by atoms with Crippen molar-refractivity contribution in [1.82, 2.24) is 63.8 Å². The van der Waals surface area contributed by atoms with Gasteiger partial charge in [-0.2, -0.15) is 0 Å². The first-order valence-corrected chi connectivity index (χ1v) is 38.6. The molecule has 0 radical (unpaired) electrons. The van der Waals surface area contributed by atoms with Gasteiger partial charge in [0.1, 0.15) is 79.1 Å². The molecule has 0 spiro atoms. The van der Waals surface area contributed by atoms with E-state index in [1.165, 1.54) is 0 Å². The fourth-order valence-corrected chi connectivity index (χ4v) is 12.0. The minimum absolute atomic E-state index is 0.0234. The van der Waals surface area contributed by atoms with Crippen molar-refractivity contribution in [3.05, 3.63) is 108 Å². The van der Waals surface area contributed by atoms with Crippen molar-refractivity contribution in [2.45, 2.75) is 223 Å². The number of unbranched alkanes of at least 4 members (excludes halogenated alkanes) is 2. The molecule has 14 atom stereocenters. The number of carbonyl (C=O) groups excluding carboxylic acids is 13. The predicted molar refractivity (Wildman–Crippen MR) is 423 cm³/mol. The van der Waals surface area contributed by atoms with Gasteiger partial charge in [0.15, 0.2) is 5.96 Å². The van der Waals surface area contributed by atoms with Gasteiger partial charge in [-0.3, -0.25) is 77.0 Å². The Morgan fingerprint density at radius 2 is 0.739 bits per heavy atom. The first kappa shape index (κ1) is 98.0. The van der Waals surface area contributed by atoms with E-state index in [1.807, 2.05) is 0 Å². The van der Waals surface area contributed by atoms with Crippen molar-refractivity contribution in [2.24, 2.45) is 57.3 Å². The van der Waals surface area contributed by atoms with Crippen LogP contribution in [0.3, 0.4) is 0 Å². The molecule has 3 aromatic rings. The van der Waals surface area contributed by atoms with E-state index in [9.17, 15) is 87.2 Å². The standard InChI is InChI=1S/C77H119N19O19/c1-7-45(5)63(74(111)92-57(41-60(80)98)72(109)91-56(40-49-27-16-11-17-28-49)71(108)89-53(32-33-62(100)101)68(105)87-50(29-18-20-34-78)66(103)93-58(76(113)114)37-44(3)4)96-75(112)64(46(6)8-2)95-73(110)59(42-97)94-67(104)51(30-19-21-35-79)86-65(102)52(31-22-36-84-77(81)82)88-70(107)55(39-48-25-14-10-15-26-48)90-69(106)54(85-61(99)43-115-83)38-47-23-12-9-13-24-47/h9-17,23-28,44-46,50-59,63-64,97H,7-8,18-22,29-43,78-79,83H2,1-6H3,(H2,80,98)(H,85,99)(H,86,102)(H,87,105)(H,88,107)(H,89,108)(H,90,106)(H,91,109)(H,92,111)(H,93,103)(H,94,104)(H,95,110)(H,96,112)(H,100,101)(H,113,114)(H4,81,82,84). The van der Waals surface area contributed by atoms with Crippen LogP contribution in [0.25, 0.3) is 0 Å². The molecule has 0 heterocycles. The highest BCUT2D eigenvalue weighted by Gasteiger charge is 2.40. The van der Waals surface area contributed by atoms with Gasteiger partial charge in [-0.15, -0.1) is 0 Å². The lowest BCUT2D eigenvalue weighted by Gasteiger charge is -2.31. The van der Waals surface area contributed by atoms with Crippen LogP contribution in [0.15, 0.2) is 96.0 Å². The smallest absolute Gasteiger partial charge is 0.326 e. The van der Waals surface area contributed by atoms with Crippen molar-refractivity contribution in [2.75, 3.05) is 32.8 Å². The third-order valence-corrected chi connectivity index (χ3v) is 18.8. The zero-order valence-corrected chi connectivity index (χ0v) is 66.2. The molecule has 0 saturated carbocycles. The number of nitrogens with zero attached hydrogens (tertiary/aromatic N) is 1. The van der Waals surface area contributed by atoms with E-state index in [4.69, 9.17) is 34.6 Å². The topological polar surface area (TPSA) is 639 Å². The second-order valence-corrected chi connectivity index (χ2v) is 28.6. The first-order valence-electron chi connectivity index (χ1n) is 38.6. The van der Waals surface area contributed by atoms with Crippen molar-refractivity contribution in [1.29, 1.82) is 0 Å². The number of aliphatic hydroxyl groups excluding tert-OH is 1. The molecule has 0 fully saturated rings. The van der Waals surface area contributed by atoms with Gasteiger partial charge in [0.25, 0.3) is 0 Å². The lowest BCUT2D eigenvalue weighted by atomic mass is 9.94. The highest BCUT2D eigenvalue weighted by molar-refractivity contribution is 6.01. The number of carboxylic acid groups (broad SMARTS) is 2. The van der Waals surface area contributed by atoms with Gasteiger partial charge in [-0.1, -0.05) is 145 Å². The Morgan fingerprint density at radius 1 is 0.409 bits per heavy atom. The van der Waals surface area contributed by atoms with E-state index in [0.29, 0.717) is 29.5 Å². The van der Waals surface area contributed by atoms with E-state index >= 15 is 0 Å². The van der Waals surface area contributed by atoms with Gasteiger partial charge in [0, 0.05) is 32.2 Å². The summed E-state index contributed by atoms with van der Waals surface area (Å²) in [5.41, 5.74) is 30.1. The Morgan fingerprint density at radius 3 is 1.10 bits per heavy atom. The number of hydrogen-bond donors (Lipinski definition) is 21. The monoisotopic (exact) mass is 1610 g/mol.